The van der Waals surface area contributed by atoms with Crippen LogP contribution in [0, 0.1) is 0 Å². The minimum absolute atomic E-state index is 0.450. The van der Waals surface area contributed by atoms with Crippen molar-refractivity contribution in [2.45, 2.75) is 39.5 Å². The van der Waals surface area contributed by atoms with Gasteiger partial charge in [0.2, 0.25) is 5.69 Å². The molecule has 0 saturated heterocycles. The quantitative estimate of drug-likeness (QED) is 0.247. The molecule has 0 spiro atoms. The van der Waals surface area contributed by atoms with E-state index in [1.54, 1.807) is 0 Å². The number of benzene rings is 2. The van der Waals surface area contributed by atoms with Crippen LogP contribution in [0.5, 0.6) is 0 Å². The molecule has 0 radical (unpaired) electrons. The van der Waals surface area contributed by atoms with Gasteiger partial charge in [0.15, 0.2) is 11.4 Å². The first kappa shape index (κ1) is 22.7. The number of halogens is 4. The molecule has 1 nitrogen and oxygen atoms in total. The Morgan fingerprint density at radius 1 is 0.621 bits per heavy atom. The van der Waals surface area contributed by atoms with E-state index in [0.29, 0.717) is 11.8 Å². The van der Waals surface area contributed by atoms with Crippen LogP contribution in [-0.2, 0) is 0 Å². The van der Waals surface area contributed by atoms with Gasteiger partial charge in [0.05, 0.1) is 0 Å². The van der Waals surface area contributed by atoms with Crippen LogP contribution in [0.25, 0.3) is 16.8 Å². The normalized spacial score (nSPS) is 11.4. The molecular weight excluding hydrogens is 377 g/mol. The molecule has 0 atom stereocenters. The zero-order valence-corrected chi connectivity index (χ0v) is 17.1. The van der Waals surface area contributed by atoms with E-state index in [-0.39, 0.29) is 0 Å². The molecule has 0 fully saturated rings. The molecule has 0 aliphatic carbocycles. The fraction of sp³-hybridized carbons (Fsp3) is 0.261. The van der Waals surface area contributed by atoms with Gasteiger partial charge in [-0.05, 0) is 11.1 Å². The van der Waals surface area contributed by atoms with E-state index in [0.717, 1.165) is 0 Å². The molecule has 0 saturated carbocycles. The van der Waals surface area contributed by atoms with Gasteiger partial charge >= 0.3 is 7.25 Å². The standard InChI is InChI=1S/C23H26N.BF4/c1-17(2)22-15-20(19-11-7-5-8-12-19)16-23(18(3)4)24(22)21-13-9-6-10-14-21;2-1(3,4)5/h5-18H,1-4H3;/q+1;-1. The summed E-state index contributed by atoms with van der Waals surface area (Å²) < 4.78 is 41.4. The Hall–Kier alpha value is -2.63. The molecule has 0 aliphatic rings. The summed E-state index contributed by atoms with van der Waals surface area (Å²) in [7, 11) is -6.00. The van der Waals surface area contributed by atoms with Crippen LogP contribution in [0.1, 0.15) is 50.9 Å². The summed E-state index contributed by atoms with van der Waals surface area (Å²) in [6.45, 7) is 9.09. The summed E-state index contributed by atoms with van der Waals surface area (Å²) in [6.07, 6.45) is 0. The molecule has 29 heavy (non-hydrogen) atoms. The van der Waals surface area contributed by atoms with Crippen LogP contribution in [0.15, 0.2) is 72.8 Å². The minimum Gasteiger partial charge on any atom is -0.418 e. The van der Waals surface area contributed by atoms with Crippen LogP contribution >= 0.6 is 0 Å². The van der Waals surface area contributed by atoms with E-state index in [9.17, 15) is 17.3 Å². The molecule has 0 aliphatic heterocycles. The summed E-state index contributed by atoms with van der Waals surface area (Å²) in [6, 6.07) is 26.1. The average molecular weight is 403 g/mol. The number of para-hydroxylation sites is 1. The molecule has 154 valence electrons. The van der Waals surface area contributed by atoms with Crippen LogP contribution in [0.3, 0.4) is 0 Å². The molecule has 1 aromatic heterocycles. The van der Waals surface area contributed by atoms with Gasteiger partial charge in [0.1, 0.15) is 0 Å². The summed E-state index contributed by atoms with van der Waals surface area (Å²) in [5, 5.41) is 0. The van der Waals surface area contributed by atoms with E-state index < -0.39 is 7.25 Å². The molecule has 2 aromatic carbocycles. The Kier molecular flexibility index (Phi) is 7.60. The third kappa shape index (κ3) is 6.73. The number of rotatable bonds is 4. The molecule has 1 heterocycles. The third-order valence-corrected chi connectivity index (χ3v) is 4.43. The van der Waals surface area contributed by atoms with Gasteiger partial charge in [-0.15, -0.1) is 0 Å². The lowest BCUT2D eigenvalue weighted by atomic mass is 9.96. The number of aromatic nitrogens is 1. The average Bonchev–Trinajstić information content (AvgIpc) is 2.67. The highest BCUT2D eigenvalue weighted by atomic mass is 19.5. The van der Waals surface area contributed by atoms with Crippen LogP contribution in [0.4, 0.5) is 17.3 Å². The van der Waals surface area contributed by atoms with Gasteiger partial charge < -0.3 is 17.3 Å². The molecule has 0 bridgehead atoms. The first-order chi connectivity index (χ1) is 13.6. The maximum absolute atomic E-state index is 9.75. The van der Waals surface area contributed by atoms with Gasteiger partial charge in [-0.25, -0.2) is 0 Å². The van der Waals surface area contributed by atoms with Crippen molar-refractivity contribution in [3.05, 3.63) is 84.2 Å². The fourth-order valence-corrected chi connectivity index (χ4v) is 3.16. The number of pyridine rings is 1. The summed E-state index contributed by atoms with van der Waals surface area (Å²) in [5.74, 6) is 0.901. The highest BCUT2D eigenvalue weighted by molar-refractivity contribution is 6.50. The molecule has 6 heteroatoms. The number of hydrogen-bond acceptors (Lipinski definition) is 0. The van der Waals surface area contributed by atoms with Crippen molar-refractivity contribution in [2.24, 2.45) is 0 Å². The first-order valence-corrected chi connectivity index (χ1v) is 9.66. The van der Waals surface area contributed by atoms with Crippen molar-refractivity contribution in [1.82, 2.24) is 0 Å². The second-order valence-electron chi connectivity index (χ2n) is 7.44. The van der Waals surface area contributed by atoms with Crippen molar-refractivity contribution in [2.75, 3.05) is 0 Å². The lowest BCUT2D eigenvalue weighted by molar-refractivity contribution is -0.615. The highest BCUT2D eigenvalue weighted by Gasteiger charge is 2.25. The predicted octanol–water partition coefficient (Wildman–Crippen LogP) is 7.18. The van der Waals surface area contributed by atoms with Gasteiger partial charge in [-0.2, -0.15) is 4.57 Å². The maximum Gasteiger partial charge on any atom is 0.673 e. The smallest absolute Gasteiger partial charge is 0.418 e. The third-order valence-electron chi connectivity index (χ3n) is 4.43. The van der Waals surface area contributed by atoms with Gasteiger partial charge in [0.25, 0.3) is 0 Å². The molecule has 3 rings (SSSR count). The Bertz CT molecular complexity index is 872. The Morgan fingerprint density at radius 3 is 1.38 bits per heavy atom. The SMILES string of the molecule is CC(C)c1cc(-c2ccccc2)cc(C(C)C)[n+]1-c1ccccc1.F[B-](F)(F)F. The van der Waals surface area contributed by atoms with Gasteiger partial charge in [0, 0.05) is 36.1 Å². The molecule has 0 N–H and O–H groups in total. The van der Waals surface area contributed by atoms with Crippen molar-refractivity contribution >= 4 is 7.25 Å². The van der Waals surface area contributed by atoms with Crippen molar-refractivity contribution < 1.29 is 21.8 Å². The molecule has 3 aromatic rings. The van der Waals surface area contributed by atoms with Gasteiger partial charge in [-0.3, -0.25) is 0 Å². The molecule has 0 amide bonds. The first-order valence-electron chi connectivity index (χ1n) is 9.66. The lowest BCUT2D eigenvalue weighted by Crippen LogP contribution is -2.41. The monoisotopic (exact) mass is 403 g/mol. The second-order valence-corrected chi connectivity index (χ2v) is 7.44. The zero-order chi connectivity index (χ0) is 21.6. The van der Waals surface area contributed by atoms with E-state index >= 15 is 0 Å². The van der Waals surface area contributed by atoms with E-state index in [4.69, 9.17) is 0 Å². The number of nitrogens with zero attached hydrogens (tertiary/aromatic N) is 1. The van der Waals surface area contributed by atoms with Crippen molar-refractivity contribution in [1.29, 1.82) is 0 Å². The van der Waals surface area contributed by atoms with Crippen LogP contribution < -0.4 is 4.57 Å². The topological polar surface area (TPSA) is 3.88 Å². The second kappa shape index (κ2) is 9.72. The number of hydrogen-bond donors (Lipinski definition) is 0. The summed E-state index contributed by atoms with van der Waals surface area (Å²) >= 11 is 0. The Labute approximate surface area is 170 Å². The summed E-state index contributed by atoms with van der Waals surface area (Å²) in [4.78, 5) is 0. The minimum atomic E-state index is -6.00. The largest absolute Gasteiger partial charge is 0.673 e. The zero-order valence-electron chi connectivity index (χ0n) is 17.1. The van der Waals surface area contributed by atoms with E-state index in [1.807, 2.05) is 0 Å². The van der Waals surface area contributed by atoms with E-state index in [1.165, 1.54) is 28.2 Å². The van der Waals surface area contributed by atoms with Crippen LogP contribution in [0.2, 0.25) is 0 Å². The molecule has 0 unspecified atom stereocenters. The van der Waals surface area contributed by atoms with Crippen LogP contribution in [-0.4, -0.2) is 7.25 Å². The Balaban J connectivity index is 0.000000537. The Morgan fingerprint density at radius 2 is 1.00 bits per heavy atom. The van der Waals surface area contributed by atoms with Gasteiger partial charge in [-0.1, -0.05) is 76.2 Å². The summed E-state index contributed by atoms with van der Waals surface area (Å²) in [5.41, 5.74) is 6.53. The maximum atomic E-state index is 9.75. The molecular formula is C23H26BF4N. The predicted molar refractivity (Wildman–Crippen MR) is 112 cm³/mol. The fourth-order valence-electron chi connectivity index (χ4n) is 3.16. The highest BCUT2D eigenvalue weighted by Crippen LogP contribution is 2.27. The van der Waals surface area contributed by atoms with Crippen molar-refractivity contribution in [3.63, 3.8) is 0 Å². The van der Waals surface area contributed by atoms with Crippen molar-refractivity contribution in [3.8, 4) is 16.8 Å². The lowest BCUT2D eigenvalue weighted by Gasteiger charge is -2.15. The van der Waals surface area contributed by atoms with E-state index in [2.05, 4.69) is 105 Å².